The molecular weight excluding hydrogens is 385 g/mol. The van der Waals surface area contributed by atoms with Crippen LogP contribution >= 0.6 is 11.3 Å². The van der Waals surface area contributed by atoms with Crippen LogP contribution in [0.5, 0.6) is 0 Å². The highest BCUT2D eigenvalue weighted by molar-refractivity contribution is 7.15. The second-order valence-electron chi connectivity index (χ2n) is 9.44. The molecule has 1 amide bonds. The molecule has 0 aliphatic heterocycles. The van der Waals surface area contributed by atoms with Crippen LogP contribution in [0.3, 0.4) is 0 Å². The first-order valence-corrected chi connectivity index (χ1v) is 11.5. The Kier molecular flexibility index (Phi) is 3.89. The lowest BCUT2D eigenvalue weighted by atomic mass is 9.53. The van der Waals surface area contributed by atoms with Crippen molar-refractivity contribution in [1.29, 1.82) is 0 Å². The molecule has 6 heteroatoms. The lowest BCUT2D eigenvalue weighted by Gasteiger charge is -2.56. The van der Waals surface area contributed by atoms with E-state index in [4.69, 9.17) is 0 Å². The average molecular weight is 410 g/mol. The number of benzene rings is 1. The van der Waals surface area contributed by atoms with Crippen molar-refractivity contribution in [3.8, 4) is 11.3 Å². The van der Waals surface area contributed by atoms with Crippen LogP contribution in [0.1, 0.15) is 44.2 Å². The lowest BCUT2D eigenvalue weighted by Crippen LogP contribution is -2.60. The van der Waals surface area contributed by atoms with E-state index in [1.165, 1.54) is 50.7 Å². The van der Waals surface area contributed by atoms with Gasteiger partial charge in [0.2, 0.25) is 5.91 Å². The summed E-state index contributed by atoms with van der Waals surface area (Å²) in [7, 11) is 0. The van der Waals surface area contributed by atoms with E-state index in [0.717, 1.165) is 39.7 Å². The molecule has 4 saturated carbocycles. The Hall–Kier alpha value is -2.21. The number of halogens is 1. The first-order chi connectivity index (χ1) is 14.1. The largest absolute Gasteiger partial charge is 0.350 e. The van der Waals surface area contributed by atoms with E-state index in [1.54, 1.807) is 23.5 Å². The second kappa shape index (κ2) is 6.39. The maximum Gasteiger partial charge on any atom is 0.226 e. The molecule has 4 fully saturated rings. The standard InChI is InChI=1S/C23H24FN3OS/c24-18-3-1-17(2-4-18)20-12-27-19(13-29-22(27)25-20)8-21(28)26-23-9-14-5-15(10-23)7-16(6-14)11-23/h1-4,12-16H,5-11H2,(H,26,28). The van der Waals surface area contributed by atoms with Gasteiger partial charge in [-0.05, 0) is 80.5 Å². The van der Waals surface area contributed by atoms with Gasteiger partial charge in [-0.2, -0.15) is 0 Å². The van der Waals surface area contributed by atoms with E-state index in [0.29, 0.717) is 6.42 Å². The molecule has 4 aliphatic rings. The fourth-order valence-corrected chi connectivity index (χ4v) is 7.36. The van der Waals surface area contributed by atoms with Crippen molar-refractivity contribution in [1.82, 2.24) is 14.7 Å². The molecule has 4 bridgehead atoms. The van der Waals surface area contributed by atoms with Crippen LogP contribution in [0.15, 0.2) is 35.8 Å². The summed E-state index contributed by atoms with van der Waals surface area (Å²) < 4.78 is 15.2. The maximum atomic E-state index is 13.2. The zero-order valence-corrected chi connectivity index (χ0v) is 17.1. The predicted molar refractivity (Wildman–Crippen MR) is 111 cm³/mol. The SMILES string of the molecule is O=C(Cc1csc2nc(-c3ccc(F)cc3)cn12)NC12CC3CC(CC(C3)C1)C2. The highest BCUT2D eigenvalue weighted by Crippen LogP contribution is 2.55. The van der Waals surface area contributed by atoms with Crippen molar-refractivity contribution in [2.75, 3.05) is 0 Å². The molecule has 0 radical (unpaired) electrons. The van der Waals surface area contributed by atoms with Crippen molar-refractivity contribution in [3.05, 3.63) is 47.4 Å². The van der Waals surface area contributed by atoms with Gasteiger partial charge >= 0.3 is 0 Å². The van der Waals surface area contributed by atoms with Crippen molar-refractivity contribution in [2.45, 2.75) is 50.5 Å². The van der Waals surface area contributed by atoms with Gasteiger partial charge in [-0.3, -0.25) is 9.20 Å². The van der Waals surface area contributed by atoms with Gasteiger partial charge < -0.3 is 5.32 Å². The number of hydrogen-bond acceptors (Lipinski definition) is 3. The van der Waals surface area contributed by atoms with Gasteiger partial charge in [0.15, 0.2) is 4.96 Å². The fourth-order valence-electron chi connectivity index (χ4n) is 6.48. The second-order valence-corrected chi connectivity index (χ2v) is 10.3. The number of carbonyl (C=O) groups is 1. The molecule has 2 aromatic heterocycles. The number of nitrogens with one attached hydrogen (secondary N) is 1. The van der Waals surface area contributed by atoms with Gasteiger partial charge in [-0.15, -0.1) is 11.3 Å². The Labute approximate surface area is 173 Å². The number of nitrogens with zero attached hydrogens (tertiary/aromatic N) is 2. The fraction of sp³-hybridized carbons (Fsp3) is 0.478. The molecule has 7 rings (SSSR count). The first kappa shape index (κ1) is 17.6. The van der Waals surface area contributed by atoms with E-state index in [-0.39, 0.29) is 17.3 Å². The van der Waals surface area contributed by atoms with Crippen LogP contribution in [0, 0.1) is 23.6 Å². The van der Waals surface area contributed by atoms with Gasteiger partial charge in [-0.25, -0.2) is 9.37 Å². The Morgan fingerprint density at radius 3 is 2.45 bits per heavy atom. The van der Waals surface area contributed by atoms with Crippen LogP contribution in [0.25, 0.3) is 16.2 Å². The molecule has 4 nitrogen and oxygen atoms in total. The van der Waals surface area contributed by atoms with Gasteiger partial charge in [0.05, 0.1) is 12.1 Å². The third-order valence-corrected chi connectivity index (χ3v) is 8.10. The number of aromatic nitrogens is 2. The first-order valence-electron chi connectivity index (χ1n) is 10.6. The summed E-state index contributed by atoms with van der Waals surface area (Å²) in [5, 5.41) is 5.49. The topological polar surface area (TPSA) is 46.4 Å². The van der Waals surface area contributed by atoms with Crippen LogP contribution < -0.4 is 5.32 Å². The number of hydrogen-bond donors (Lipinski definition) is 1. The van der Waals surface area contributed by atoms with E-state index < -0.39 is 0 Å². The normalized spacial score (nSPS) is 30.2. The number of fused-ring (bicyclic) bond motifs is 1. The highest BCUT2D eigenvalue weighted by Gasteiger charge is 2.51. The zero-order chi connectivity index (χ0) is 19.6. The van der Waals surface area contributed by atoms with Crippen molar-refractivity contribution < 1.29 is 9.18 Å². The lowest BCUT2D eigenvalue weighted by molar-refractivity contribution is -0.126. The van der Waals surface area contributed by atoms with E-state index in [1.807, 2.05) is 16.0 Å². The van der Waals surface area contributed by atoms with Gasteiger partial charge in [0.25, 0.3) is 0 Å². The smallest absolute Gasteiger partial charge is 0.226 e. The molecule has 3 aromatic rings. The van der Waals surface area contributed by atoms with Crippen LogP contribution in [-0.2, 0) is 11.2 Å². The number of thiazole rings is 1. The summed E-state index contributed by atoms with van der Waals surface area (Å²) in [6.07, 6.45) is 9.97. The minimum Gasteiger partial charge on any atom is -0.350 e. The maximum absolute atomic E-state index is 13.2. The van der Waals surface area contributed by atoms with E-state index >= 15 is 0 Å². The van der Waals surface area contributed by atoms with E-state index in [2.05, 4.69) is 10.3 Å². The van der Waals surface area contributed by atoms with Gasteiger partial charge in [0.1, 0.15) is 5.82 Å². The molecule has 0 unspecified atom stereocenters. The minimum absolute atomic E-state index is 0.0508. The van der Waals surface area contributed by atoms with Crippen LogP contribution in [-0.4, -0.2) is 20.8 Å². The van der Waals surface area contributed by atoms with Gasteiger partial charge in [0, 0.05) is 28.4 Å². The Morgan fingerprint density at radius 2 is 1.79 bits per heavy atom. The molecule has 0 atom stereocenters. The van der Waals surface area contributed by atoms with Crippen molar-refractivity contribution in [3.63, 3.8) is 0 Å². The quantitative estimate of drug-likeness (QED) is 0.671. The molecule has 150 valence electrons. The summed E-state index contributed by atoms with van der Waals surface area (Å²) >= 11 is 1.54. The Balaban J connectivity index is 1.21. The van der Waals surface area contributed by atoms with Crippen molar-refractivity contribution in [2.24, 2.45) is 17.8 Å². The number of imidazole rings is 1. The third kappa shape index (κ3) is 3.08. The highest BCUT2D eigenvalue weighted by atomic mass is 32.1. The monoisotopic (exact) mass is 409 g/mol. The van der Waals surface area contributed by atoms with E-state index in [9.17, 15) is 9.18 Å². The molecule has 29 heavy (non-hydrogen) atoms. The summed E-state index contributed by atoms with van der Waals surface area (Å²) in [5.74, 6) is 2.34. The average Bonchev–Trinajstić information content (AvgIpc) is 3.23. The molecule has 0 spiro atoms. The Bertz CT molecular complexity index is 1050. The van der Waals surface area contributed by atoms with Crippen molar-refractivity contribution >= 4 is 22.2 Å². The summed E-state index contributed by atoms with van der Waals surface area (Å²) in [4.78, 5) is 18.5. The Morgan fingerprint density at radius 1 is 1.14 bits per heavy atom. The molecule has 2 heterocycles. The molecule has 1 aromatic carbocycles. The number of carbonyl (C=O) groups excluding carboxylic acids is 1. The predicted octanol–water partition coefficient (Wildman–Crippen LogP) is 4.83. The molecular formula is C23H24FN3OS. The molecule has 4 aliphatic carbocycles. The molecule has 1 N–H and O–H groups in total. The summed E-state index contributed by atoms with van der Waals surface area (Å²) in [6, 6.07) is 6.37. The third-order valence-electron chi connectivity index (χ3n) is 7.21. The minimum atomic E-state index is -0.253. The number of rotatable bonds is 4. The number of amides is 1. The zero-order valence-electron chi connectivity index (χ0n) is 16.2. The molecule has 0 saturated heterocycles. The van der Waals surface area contributed by atoms with Crippen LogP contribution in [0.4, 0.5) is 4.39 Å². The summed E-state index contributed by atoms with van der Waals surface area (Å²) in [5.41, 5.74) is 2.70. The van der Waals surface area contributed by atoms with Crippen LogP contribution in [0.2, 0.25) is 0 Å². The van der Waals surface area contributed by atoms with Gasteiger partial charge in [-0.1, -0.05) is 0 Å². The summed E-state index contributed by atoms with van der Waals surface area (Å²) in [6.45, 7) is 0.